The fraction of sp³-hybridized carbons (Fsp3) is 0.188. The van der Waals surface area contributed by atoms with Gasteiger partial charge in [0.25, 0.3) is 5.91 Å². The number of carbonyl (C=O) groups excluding carboxylic acids is 1. The Kier molecular flexibility index (Phi) is 6.44. The monoisotopic (exact) mass is 377 g/mol. The molecule has 1 aromatic rings. The molecule has 1 unspecified atom stereocenters. The first-order valence-electron chi connectivity index (χ1n) is 6.88. The maximum Gasteiger partial charge on any atom is 0.458 e. The van der Waals surface area contributed by atoms with Crippen molar-refractivity contribution in [2.75, 3.05) is 12.2 Å². The van der Waals surface area contributed by atoms with Crippen molar-refractivity contribution < 1.29 is 31.5 Å². The van der Waals surface area contributed by atoms with E-state index in [0.717, 1.165) is 0 Å². The Bertz CT molecular complexity index is 655. The van der Waals surface area contributed by atoms with E-state index in [9.17, 15) is 26.7 Å². The number of carbonyl (C=O) groups is 1. The van der Waals surface area contributed by atoms with Crippen LogP contribution in [0.25, 0.3) is 0 Å². The number of alkyl halides is 5. The molecule has 0 spiro atoms. The van der Waals surface area contributed by atoms with Crippen molar-refractivity contribution in [3.63, 3.8) is 0 Å². The molecule has 0 aliphatic carbocycles. The first-order chi connectivity index (χ1) is 11.6. The number of amides is 1. The number of nitrogens with one attached hydrogen (secondary N) is 1. The maximum atomic E-state index is 13.9. The van der Waals surface area contributed by atoms with Crippen LogP contribution in [0.2, 0.25) is 0 Å². The van der Waals surface area contributed by atoms with E-state index in [1.165, 1.54) is 18.2 Å². The van der Waals surface area contributed by atoms with Crippen molar-refractivity contribution in [1.29, 1.82) is 0 Å². The number of benzene rings is 1. The summed E-state index contributed by atoms with van der Waals surface area (Å²) in [5.41, 5.74) is 4.73. The number of hydrogen-bond acceptors (Lipinski definition) is 2. The van der Waals surface area contributed by atoms with Crippen LogP contribution in [-0.2, 0) is 9.53 Å². The van der Waals surface area contributed by atoms with Gasteiger partial charge in [0.05, 0.1) is 0 Å². The second kappa shape index (κ2) is 7.75. The normalized spacial score (nSPS) is 14.3. The molecular formula is C16H16F5NO2Si. The first kappa shape index (κ1) is 20.8. The highest BCUT2D eigenvalue weighted by atomic mass is 28.3. The van der Waals surface area contributed by atoms with Gasteiger partial charge in [0.15, 0.2) is 14.9 Å². The zero-order valence-corrected chi connectivity index (χ0v) is 14.1. The van der Waals surface area contributed by atoms with Gasteiger partial charge in [0, 0.05) is 5.69 Å². The smallest absolute Gasteiger partial charge is 0.321 e. The Balaban J connectivity index is 3.22. The lowest BCUT2D eigenvalue weighted by Crippen LogP contribution is -2.53. The summed E-state index contributed by atoms with van der Waals surface area (Å²) in [6.45, 7) is 8.98. The highest BCUT2D eigenvalue weighted by Crippen LogP contribution is 2.36. The van der Waals surface area contributed by atoms with Gasteiger partial charge in [-0.05, 0) is 17.3 Å². The minimum absolute atomic E-state index is 0.126. The van der Waals surface area contributed by atoms with E-state index in [2.05, 4.69) is 24.5 Å². The van der Waals surface area contributed by atoms with E-state index < -0.39 is 32.9 Å². The van der Waals surface area contributed by atoms with Gasteiger partial charge in [-0.3, -0.25) is 9.53 Å². The van der Waals surface area contributed by atoms with E-state index in [0.29, 0.717) is 5.19 Å². The van der Waals surface area contributed by atoms with Gasteiger partial charge in [0.1, 0.15) is 0 Å². The molecule has 0 aliphatic heterocycles. The van der Waals surface area contributed by atoms with Crippen LogP contribution in [0.4, 0.5) is 27.6 Å². The molecule has 1 N–H and O–H groups in total. The SMILES string of the molecule is C=C[Si](C=C)(C=C)c1cccc(NC(=O)C(F)(OCF)C(F)(F)F)c1. The van der Waals surface area contributed by atoms with Crippen LogP contribution in [0.5, 0.6) is 0 Å². The van der Waals surface area contributed by atoms with Crippen molar-refractivity contribution in [2.24, 2.45) is 0 Å². The highest BCUT2D eigenvalue weighted by molar-refractivity contribution is 7.03. The van der Waals surface area contributed by atoms with Crippen molar-refractivity contribution in [3.05, 3.63) is 61.1 Å². The lowest BCUT2D eigenvalue weighted by atomic mass is 10.2. The number of ether oxygens (including phenoxy) is 1. The molecule has 1 aromatic carbocycles. The van der Waals surface area contributed by atoms with E-state index >= 15 is 0 Å². The van der Waals surface area contributed by atoms with Gasteiger partial charge in [0.2, 0.25) is 0 Å². The highest BCUT2D eigenvalue weighted by Gasteiger charge is 2.64. The largest absolute Gasteiger partial charge is 0.458 e. The zero-order valence-electron chi connectivity index (χ0n) is 13.1. The Morgan fingerprint density at radius 1 is 1.16 bits per heavy atom. The van der Waals surface area contributed by atoms with Crippen LogP contribution >= 0.6 is 0 Å². The third-order valence-electron chi connectivity index (χ3n) is 3.54. The maximum absolute atomic E-state index is 13.9. The predicted molar refractivity (Wildman–Crippen MR) is 88.0 cm³/mol. The molecule has 0 saturated carbocycles. The third-order valence-corrected chi connectivity index (χ3v) is 6.88. The quantitative estimate of drug-likeness (QED) is 0.555. The fourth-order valence-corrected chi connectivity index (χ4v) is 4.03. The van der Waals surface area contributed by atoms with E-state index in [1.54, 1.807) is 28.5 Å². The summed E-state index contributed by atoms with van der Waals surface area (Å²) < 4.78 is 67.5. The second-order valence-corrected chi connectivity index (χ2v) is 8.59. The van der Waals surface area contributed by atoms with E-state index in [1.807, 2.05) is 0 Å². The van der Waals surface area contributed by atoms with E-state index in [-0.39, 0.29) is 5.69 Å². The molecular weight excluding hydrogens is 361 g/mol. The van der Waals surface area contributed by atoms with Crippen molar-refractivity contribution in [2.45, 2.75) is 12.0 Å². The van der Waals surface area contributed by atoms with Gasteiger partial charge in [-0.2, -0.15) is 17.6 Å². The third kappa shape index (κ3) is 4.05. The lowest BCUT2D eigenvalue weighted by molar-refractivity contribution is -0.320. The summed E-state index contributed by atoms with van der Waals surface area (Å²) in [7, 11) is -2.54. The molecule has 0 fully saturated rings. The van der Waals surface area contributed by atoms with Crippen molar-refractivity contribution in [1.82, 2.24) is 0 Å². The number of hydrogen-bond donors (Lipinski definition) is 1. The summed E-state index contributed by atoms with van der Waals surface area (Å²) >= 11 is 0. The fourth-order valence-electron chi connectivity index (χ4n) is 2.03. The van der Waals surface area contributed by atoms with Crippen LogP contribution < -0.4 is 10.5 Å². The molecule has 0 saturated heterocycles. The number of anilines is 1. The number of halogens is 5. The predicted octanol–water partition coefficient (Wildman–Crippen LogP) is 3.63. The Hall–Kier alpha value is -2.26. The van der Waals surface area contributed by atoms with Crippen molar-refractivity contribution >= 4 is 24.9 Å². The molecule has 136 valence electrons. The molecule has 1 amide bonds. The van der Waals surface area contributed by atoms with E-state index in [4.69, 9.17) is 0 Å². The van der Waals surface area contributed by atoms with Crippen LogP contribution in [0.3, 0.4) is 0 Å². The molecule has 0 aromatic heterocycles. The van der Waals surface area contributed by atoms with Crippen LogP contribution in [0.15, 0.2) is 61.1 Å². The molecule has 0 heterocycles. The minimum Gasteiger partial charge on any atom is -0.321 e. The van der Waals surface area contributed by atoms with Gasteiger partial charge in [-0.15, -0.1) is 19.7 Å². The molecule has 1 atom stereocenters. The molecule has 25 heavy (non-hydrogen) atoms. The standard InChI is InChI=1S/C16H16F5NO2Si/c1-4-25(5-2,6-3)13-9-7-8-12(10-13)22-14(23)15(18,24-11-17)16(19,20)21/h4-10H,1-3,11H2,(H,22,23). The van der Waals surface area contributed by atoms with Gasteiger partial charge in [-0.1, -0.05) is 29.2 Å². The molecule has 1 rings (SSSR count). The lowest BCUT2D eigenvalue weighted by Gasteiger charge is -2.26. The minimum atomic E-state index is -5.75. The van der Waals surface area contributed by atoms with Crippen LogP contribution in [0.1, 0.15) is 0 Å². The summed E-state index contributed by atoms with van der Waals surface area (Å²) in [5.74, 6) is -6.99. The van der Waals surface area contributed by atoms with Gasteiger partial charge < -0.3 is 5.32 Å². The number of rotatable bonds is 8. The van der Waals surface area contributed by atoms with Crippen LogP contribution in [-0.4, -0.2) is 32.9 Å². The first-order valence-corrected chi connectivity index (χ1v) is 9.11. The van der Waals surface area contributed by atoms with Crippen molar-refractivity contribution in [3.8, 4) is 0 Å². The Labute approximate surface area is 142 Å². The molecule has 0 radical (unpaired) electrons. The summed E-state index contributed by atoms with van der Waals surface area (Å²) in [6.07, 6.45) is -5.75. The van der Waals surface area contributed by atoms with Gasteiger partial charge in [-0.25, -0.2) is 4.39 Å². The Morgan fingerprint density at radius 2 is 1.72 bits per heavy atom. The van der Waals surface area contributed by atoms with Gasteiger partial charge >= 0.3 is 12.0 Å². The Morgan fingerprint density at radius 3 is 2.16 bits per heavy atom. The summed E-state index contributed by atoms with van der Waals surface area (Å²) in [5, 5.41) is 2.36. The molecule has 0 bridgehead atoms. The topological polar surface area (TPSA) is 38.3 Å². The molecule has 0 aliphatic rings. The summed E-state index contributed by atoms with van der Waals surface area (Å²) in [4.78, 5) is 11.7. The average Bonchev–Trinajstić information content (AvgIpc) is 2.56. The zero-order chi connectivity index (χ0) is 19.3. The molecule has 9 heteroatoms. The molecule has 3 nitrogen and oxygen atoms in total. The van der Waals surface area contributed by atoms with Crippen LogP contribution in [0, 0.1) is 0 Å². The average molecular weight is 377 g/mol. The second-order valence-electron chi connectivity index (χ2n) is 4.93. The summed E-state index contributed by atoms with van der Waals surface area (Å²) in [6, 6.07) is 5.70.